The highest BCUT2D eigenvalue weighted by atomic mass is 15.0. The largest absolute Gasteiger partial charge is 0.310 e. The number of nitriles is 1. The molecular formula is C16H20N2. The van der Waals surface area contributed by atoms with Gasteiger partial charge in [0.25, 0.3) is 0 Å². The van der Waals surface area contributed by atoms with Crippen LogP contribution >= 0.6 is 0 Å². The monoisotopic (exact) mass is 240 g/mol. The van der Waals surface area contributed by atoms with Crippen molar-refractivity contribution in [2.24, 2.45) is 5.92 Å². The number of hydrogen-bond donors (Lipinski definition) is 1. The summed E-state index contributed by atoms with van der Waals surface area (Å²) in [5.74, 6) is 0.978. The van der Waals surface area contributed by atoms with Gasteiger partial charge in [0, 0.05) is 12.1 Å². The van der Waals surface area contributed by atoms with Crippen LogP contribution in [-0.4, -0.2) is 12.1 Å². The van der Waals surface area contributed by atoms with Crippen LogP contribution in [0.25, 0.3) is 0 Å². The third kappa shape index (κ3) is 2.28. The van der Waals surface area contributed by atoms with E-state index < -0.39 is 0 Å². The molecule has 94 valence electrons. The fourth-order valence-corrected chi connectivity index (χ4v) is 3.37. The van der Waals surface area contributed by atoms with E-state index in [1.807, 2.05) is 0 Å². The van der Waals surface area contributed by atoms with E-state index in [4.69, 9.17) is 5.26 Å². The first-order chi connectivity index (χ1) is 8.86. The second-order valence-corrected chi connectivity index (χ2v) is 5.72. The van der Waals surface area contributed by atoms with Gasteiger partial charge >= 0.3 is 0 Å². The van der Waals surface area contributed by atoms with Crippen LogP contribution in [0, 0.1) is 17.2 Å². The number of hydrogen-bond acceptors (Lipinski definition) is 2. The topological polar surface area (TPSA) is 35.8 Å². The molecular weight excluding hydrogens is 220 g/mol. The van der Waals surface area contributed by atoms with Crippen LogP contribution in [0.2, 0.25) is 0 Å². The second-order valence-electron chi connectivity index (χ2n) is 5.72. The normalized spacial score (nSPS) is 34.8. The van der Waals surface area contributed by atoms with Gasteiger partial charge in [0.05, 0.1) is 12.0 Å². The highest BCUT2D eigenvalue weighted by Gasteiger charge is 2.35. The van der Waals surface area contributed by atoms with Crippen molar-refractivity contribution in [3.63, 3.8) is 0 Å². The maximum Gasteiger partial charge on any atom is 0.0672 e. The zero-order valence-corrected chi connectivity index (χ0v) is 10.7. The standard InChI is InChI=1S/C16H20N2/c17-11-13-7-4-8-16(13)18-15-9-14(10-15)12-5-2-1-3-6-12/h1-3,5-6,13-16,18H,4,7-10H2. The van der Waals surface area contributed by atoms with Gasteiger partial charge in [-0.2, -0.15) is 5.26 Å². The molecule has 2 atom stereocenters. The Labute approximate surface area is 109 Å². The maximum atomic E-state index is 9.08. The van der Waals surface area contributed by atoms with Crippen molar-refractivity contribution < 1.29 is 0 Å². The minimum Gasteiger partial charge on any atom is -0.310 e. The SMILES string of the molecule is N#CC1CCCC1NC1CC(c2ccccc2)C1. The Morgan fingerprint density at radius 1 is 1.11 bits per heavy atom. The lowest BCUT2D eigenvalue weighted by Crippen LogP contribution is -2.46. The zero-order valence-electron chi connectivity index (χ0n) is 10.7. The van der Waals surface area contributed by atoms with E-state index in [-0.39, 0.29) is 5.92 Å². The zero-order chi connectivity index (χ0) is 12.4. The molecule has 0 bridgehead atoms. The fourth-order valence-electron chi connectivity index (χ4n) is 3.37. The van der Waals surface area contributed by atoms with Crippen molar-refractivity contribution in [3.8, 4) is 6.07 Å². The smallest absolute Gasteiger partial charge is 0.0672 e. The van der Waals surface area contributed by atoms with Crippen LogP contribution in [0.3, 0.4) is 0 Å². The molecule has 2 aliphatic carbocycles. The fraction of sp³-hybridized carbons (Fsp3) is 0.562. The highest BCUT2D eigenvalue weighted by Crippen LogP contribution is 2.38. The molecule has 2 heteroatoms. The van der Waals surface area contributed by atoms with E-state index in [0.29, 0.717) is 12.1 Å². The summed E-state index contributed by atoms with van der Waals surface area (Å²) in [5.41, 5.74) is 1.47. The first-order valence-electron chi connectivity index (χ1n) is 7.07. The van der Waals surface area contributed by atoms with Gasteiger partial charge in [-0.15, -0.1) is 0 Å². The van der Waals surface area contributed by atoms with E-state index >= 15 is 0 Å². The van der Waals surface area contributed by atoms with Crippen molar-refractivity contribution in [3.05, 3.63) is 35.9 Å². The Hall–Kier alpha value is -1.33. The Bertz CT molecular complexity index is 428. The van der Waals surface area contributed by atoms with Gasteiger partial charge in [-0.1, -0.05) is 36.8 Å². The first-order valence-corrected chi connectivity index (χ1v) is 7.07. The van der Waals surface area contributed by atoms with Crippen LogP contribution in [-0.2, 0) is 0 Å². The minimum absolute atomic E-state index is 0.251. The third-order valence-electron chi connectivity index (χ3n) is 4.54. The van der Waals surface area contributed by atoms with Crippen LogP contribution in [0.15, 0.2) is 30.3 Å². The van der Waals surface area contributed by atoms with E-state index in [2.05, 4.69) is 41.7 Å². The number of rotatable bonds is 3. The molecule has 2 saturated carbocycles. The predicted octanol–water partition coefficient (Wildman–Crippen LogP) is 3.21. The van der Waals surface area contributed by atoms with Gasteiger partial charge in [-0.25, -0.2) is 0 Å². The molecule has 18 heavy (non-hydrogen) atoms. The molecule has 0 amide bonds. The van der Waals surface area contributed by atoms with Gasteiger partial charge < -0.3 is 5.32 Å². The summed E-state index contributed by atoms with van der Waals surface area (Å²) < 4.78 is 0. The first kappa shape index (κ1) is 11.7. The third-order valence-corrected chi connectivity index (χ3v) is 4.54. The Kier molecular flexibility index (Phi) is 3.34. The molecule has 3 rings (SSSR count). The summed E-state index contributed by atoms with van der Waals surface area (Å²) in [6.45, 7) is 0. The van der Waals surface area contributed by atoms with Crippen molar-refractivity contribution in [1.82, 2.24) is 5.32 Å². The lowest BCUT2D eigenvalue weighted by atomic mass is 9.75. The molecule has 1 N–H and O–H groups in total. The number of benzene rings is 1. The van der Waals surface area contributed by atoms with Gasteiger partial charge in [-0.3, -0.25) is 0 Å². The lowest BCUT2D eigenvalue weighted by molar-refractivity contribution is 0.254. The summed E-state index contributed by atoms with van der Waals surface area (Å²) in [5, 5.41) is 12.8. The highest BCUT2D eigenvalue weighted by molar-refractivity contribution is 5.22. The summed E-state index contributed by atoms with van der Waals surface area (Å²) in [4.78, 5) is 0. The quantitative estimate of drug-likeness (QED) is 0.880. The van der Waals surface area contributed by atoms with Gasteiger partial charge in [0.15, 0.2) is 0 Å². The van der Waals surface area contributed by atoms with Crippen LogP contribution in [0.5, 0.6) is 0 Å². The molecule has 0 aliphatic heterocycles. The van der Waals surface area contributed by atoms with Gasteiger partial charge in [0.2, 0.25) is 0 Å². The number of nitrogens with one attached hydrogen (secondary N) is 1. The van der Waals surface area contributed by atoms with Gasteiger partial charge in [-0.05, 0) is 37.2 Å². The number of nitrogens with zero attached hydrogens (tertiary/aromatic N) is 1. The molecule has 0 spiro atoms. The molecule has 2 fully saturated rings. The molecule has 0 aromatic heterocycles. The molecule has 0 heterocycles. The predicted molar refractivity (Wildman–Crippen MR) is 72.1 cm³/mol. The minimum atomic E-state index is 0.251. The average molecular weight is 240 g/mol. The van der Waals surface area contributed by atoms with Crippen molar-refractivity contribution in [2.75, 3.05) is 0 Å². The van der Waals surface area contributed by atoms with Crippen LogP contribution in [0.1, 0.15) is 43.6 Å². The van der Waals surface area contributed by atoms with Crippen molar-refractivity contribution in [1.29, 1.82) is 5.26 Å². The molecule has 2 nitrogen and oxygen atoms in total. The van der Waals surface area contributed by atoms with E-state index in [0.717, 1.165) is 12.3 Å². The molecule has 1 aromatic carbocycles. The maximum absolute atomic E-state index is 9.08. The molecule has 0 saturated heterocycles. The summed E-state index contributed by atoms with van der Waals surface area (Å²) in [7, 11) is 0. The average Bonchev–Trinajstić information content (AvgIpc) is 2.81. The lowest BCUT2D eigenvalue weighted by Gasteiger charge is -2.38. The summed E-state index contributed by atoms with van der Waals surface area (Å²) in [6, 6.07) is 14.3. The summed E-state index contributed by atoms with van der Waals surface area (Å²) >= 11 is 0. The van der Waals surface area contributed by atoms with Crippen molar-refractivity contribution in [2.45, 2.75) is 50.1 Å². The second kappa shape index (κ2) is 5.12. The van der Waals surface area contributed by atoms with Crippen LogP contribution < -0.4 is 5.32 Å². The molecule has 0 radical (unpaired) electrons. The Morgan fingerprint density at radius 2 is 1.89 bits per heavy atom. The van der Waals surface area contributed by atoms with E-state index in [1.165, 1.54) is 31.2 Å². The Balaban J connectivity index is 1.50. The molecule has 1 aromatic rings. The van der Waals surface area contributed by atoms with Crippen molar-refractivity contribution >= 4 is 0 Å². The Morgan fingerprint density at radius 3 is 2.61 bits per heavy atom. The van der Waals surface area contributed by atoms with E-state index in [9.17, 15) is 0 Å². The molecule has 2 unspecified atom stereocenters. The summed E-state index contributed by atoms with van der Waals surface area (Å²) in [6.07, 6.45) is 5.95. The van der Waals surface area contributed by atoms with Crippen LogP contribution in [0.4, 0.5) is 0 Å². The van der Waals surface area contributed by atoms with E-state index in [1.54, 1.807) is 0 Å². The van der Waals surface area contributed by atoms with Gasteiger partial charge in [0.1, 0.15) is 0 Å². The molecule has 2 aliphatic rings.